The van der Waals surface area contributed by atoms with Crippen molar-refractivity contribution >= 4 is 11.5 Å². The molecule has 0 radical (unpaired) electrons. The number of benzene rings is 2. The number of aromatic nitrogens is 2. The summed E-state index contributed by atoms with van der Waals surface area (Å²) in [5, 5.41) is 12.7. The lowest BCUT2D eigenvalue weighted by molar-refractivity contribution is 0.313. The van der Waals surface area contributed by atoms with Crippen molar-refractivity contribution in [2.24, 2.45) is 0 Å². The van der Waals surface area contributed by atoms with E-state index in [4.69, 9.17) is 0 Å². The summed E-state index contributed by atoms with van der Waals surface area (Å²) in [6.07, 6.45) is 2.46. The van der Waals surface area contributed by atoms with E-state index in [9.17, 15) is 5.11 Å². The minimum Gasteiger partial charge on any atom is -0.508 e. The van der Waals surface area contributed by atoms with Crippen LogP contribution in [0.4, 0.5) is 11.5 Å². The molecule has 1 aliphatic rings. The number of nitrogens with zero attached hydrogens (tertiary/aromatic N) is 4. The van der Waals surface area contributed by atoms with Gasteiger partial charge in [-0.15, -0.1) is 0 Å². The Morgan fingerprint density at radius 1 is 0.931 bits per heavy atom. The van der Waals surface area contributed by atoms with Crippen LogP contribution in [0, 0.1) is 0 Å². The fourth-order valence-electron chi connectivity index (χ4n) is 3.52. The molecule has 1 aromatic heterocycles. The summed E-state index contributed by atoms with van der Waals surface area (Å²) in [7, 11) is 2.17. The molecule has 1 fully saturated rings. The molecule has 150 valence electrons. The maximum Gasteiger partial charge on any atom is 0.129 e. The van der Waals surface area contributed by atoms with Crippen molar-refractivity contribution in [3.63, 3.8) is 0 Å². The third-order valence-corrected chi connectivity index (χ3v) is 5.35. The lowest BCUT2D eigenvalue weighted by Crippen LogP contribution is -2.44. The van der Waals surface area contributed by atoms with Crippen molar-refractivity contribution in [1.82, 2.24) is 14.9 Å². The van der Waals surface area contributed by atoms with Crippen molar-refractivity contribution in [1.29, 1.82) is 0 Å². The number of anilines is 2. The lowest BCUT2D eigenvalue weighted by Gasteiger charge is -2.34. The average molecular weight is 390 g/mol. The minimum absolute atomic E-state index is 0.292. The lowest BCUT2D eigenvalue weighted by atomic mass is 10.1. The molecular formula is C23H27N5O. The van der Waals surface area contributed by atoms with Crippen molar-refractivity contribution in [2.45, 2.75) is 6.42 Å². The number of hydrogen-bond donors (Lipinski definition) is 2. The van der Waals surface area contributed by atoms with E-state index in [2.05, 4.69) is 56.4 Å². The second-order valence-electron chi connectivity index (χ2n) is 7.47. The molecular weight excluding hydrogens is 362 g/mol. The first-order valence-electron chi connectivity index (χ1n) is 10.1. The molecule has 0 atom stereocenters. The van der Waals surface area contributed by atoms with Gasteiger partial charge in [0, 0.05) is 50.0 Å². The van der Waals surface area contributed by atoms with Crippen molar-refractivity contribution in [2.75, 3.05) is 50.0 Å². The smallest absolute Gasteiger partial charge is 0.129 e. The van der Waals surface area contributed by atoms with E-state index in [0.29, 0.717) is 5.75 Å². The Kier molecular flexibility index (Phi) is 5.91. The predicted molar refractivity (Wildman–Crippen MR) is 117 cm³/mol. The number of nitrogens with one attached hydrogen (secondary N) is 1. The quantitative estimate of drug-likeness (QED) is 0.675. The predicted octanol–water partition coefficient (Wildman–Crippen LogP) is 3.26. The van der Waals surface area contributed by atoms with E-state index in [-0.39, 0.29) is 0 Å². The van der Waals surface area contributed by atoms with Gasteiger partial charge in [-0.3, -0.25) is 0 Å². The summed E-state index contributed by atoms with van der Waals surface area (Å²) < 4.78 is 0. The van der Waals surface area contributed by atoms with Gasteiger partial charge in [0.25, 0.3) is 0 Å². The summed E-state index contributed by atoms with van der Waals surface area (Å²) in [6.45, 7) is 5.11. The molecule has 2 heterocycles. The Balaban J connectivity index is 1.37. The molecule has 4 rings (SSSR count). The maximum atomic E-state index is 9.36. The molecule has 0 amide bonds. The van der Waals surface area contributed by atoms with Gasteiger partial charge in [-0.05, 0) is 43.3 Å². The Morgan fingerprint density at radius 3 is 2.38 bits per heavy atom. The van der Waals surface area contributed by atoms with E-state index in [1.807, 2.05) is 18.2 Å². The standard InChI is InChI=1S/C23H27N5O/c1-27-12-14-28(15-13-27)20-6-4-19(5-7-20)22-16-23(26-17-25-22)24-11-10-18-2-8-21(29)9-3-18/h2-9,16-17,29H,10-15H2,1H3,(H,24,25,26). The Hall–Kier alpha value is -3.12. The van der Waals surface area contributed by atoms with Crippen LogP contribution in [0.1, 0.15) is 5.56 Å². The van der Waals surface area contributed by atoms with E-state index < -0.39 is 0 Å². The highest BCUT2D eigenvalue weighted by Crippen LogP contribution is 2.23. The van der Waals surface area contributed by atoms with Crippen LogP contribution in [0.3, 0.4) is 0 Å². The number of aromatic hydroxyl groups is 1. The Morgan fingerprint density at radius 2 is 1.66 bits per heavy atom. The average Bonchev–Trinajstić information content (AvgIpc) is 2.76. The van der Waals surface area contributed by atoms with Crippen molar-refractivity contribution < 1.29 is 5.11 Å². The highest BCUT2D eigenvalue weighted by atomic mass is 16.3. The van der Waals surface area contributed by atoms with Gasteiger partial charge in [0.2, 0.25) is 0 Å². The number of likely N-dealkylation sites (N-methyl/N-ethyl adjacent to an activating group) is 1. The molecule has 6 nitrogen and oxygen atoms in total. The van der Waals surface area contributed by atoms with E-state index >= 15 is 0 Å². The Bertz CT molecular complexity index is 919. The second kappa shape index (κ2) is 8.92. The van der Waals surface area contributed by atoms with Crippen LogP contribution in [-0.2, 0) is 6.42 Å². The fraction of sp³-hybridized carbons (Fsp3) is 0.304. The zero-order chi connectivity index (χ0) is 20.1. The highest BCUT2D eigenvalue weighted by molar-refractivity contribution is 5.65. The molecule has 3 aromatic rings. The van der Waals surface area contributed by atoms with Gasteiger partial charge < -0.3 is 20.2 Å². The normalized spacial score (nSPS) is 14.7. The highest BCUT2D eigenvalue weighted by Gasteiger charge is 2.14. The van der Waals surface area contributed by atoms with Gasteiger partial charge in [0.15, 0.2) is 0 Å². The van der Waals surface area contributed by atoms with E-state index in [1.54, 1.807) is 18.5 Å². The number of rotatable bonds is 6. The maximum absolute atomic E-state index is 9.36. The van der Waals surface area contributed by atoms with Crippen LogP contribution in [-0.4, -0.2) is 59.7 Å². The molecule has 0 bridgehead atoms. The first kappa shape index (κ1) is 19.2. The summed E-state index contributed by atoms with van der Waals surface area (Å²) in [6, 6.07) is 17.9. The molecule has 0 unspecified atom stereocenters. The monoisotopic (exact) mass is 389 g/mol. The van der Waals surface area contributed by atoms with Crippen LogP contribution in [0.25, 0.3) is 11.3 Å². The summed E-state index contributed by atoms with van der Waals surface area (Å²) in [5.41, 5.74) is 4.44. The largest absolute Gasteiger partial charge is 0.508 e. The topological polar surface area (TPSA) is 64.5 Å². The second-order valence-corrected chi connectivity index (χ2v) is 7.47. The molecule has 6 heteroatoms. The minimum atomic E-state index is 0.292. The molecule has 2 N–H and O–H groups in total. The van der Waals surface area contributed by atoms with Crippen LogP contribution < -0.4 is 10.2 Å². The molecule has 1 saturated heterocycles. The number of phenols is 1. The third kappa shape index (κ3) is 5.03. The first-order valence-corrected chi connectivity index (χ1v) is 10.1. The Labute approximate surface area is 171 Å². The van der Waals surface area contributed by atoms with E-state index in [1.165, 1.54) is 11.3 Å². The summed E-state index contributed by atoms with van der Waals surface area (Å²) in [4.78, 5) is 13.6. The van der Waals surface area contributed by atoms with Gasteiger partial charge in [-0.1, -0.05) is 24.3 Å². The third-order valence-electron chi connectivity index (χ3n) is 5.35. The molecule has 0 aliphatic carbocycles. The molecule has 0 spiro atoms. The zero-order valence-electron chi connectivity index (χ0n) is 16.8. The van der Waals surface area contributed by atoms with Gasteiger partial charge in [-0.2, -0.15) is 0 Å². The molecule has 29 heavy (non-hydrogen) atoms. The van der Waals surface area contributed by atoms with Crippen LogP contribution in [0.15, 0.2) is 60.9 Å². The number of phenolic OH excluding ortho intramolecular Hbond substituents is 1. The summed E-state index contributed by atoms with van der Waals surface area (Å²) in [5.74, 6) is 1.11. The SMILES string of the molecule is CN1CCN(c2ccc(-c3cc(NCCc4ccc(O)cc4)ncn3)cc2)CC1. The van der Waals surface area contributed by atoms with Crippen LogP contribution >= 0.6 is 0 Å². The first-order chi connectivity index (χ1) is 14.2. The molecule has 2 aromatic carbocycles. The number of piperazine rings is 1. The van der Waals surface area contributed by atoms with Crippen molar-refractivity contribution in [3.05, 3.63) is 66.5 Å². The number of hydrogen-bond acceptors (Lipinski definition) is 6. The van der Waals surface area contributed by atoms with Crippen LogP contribution in [0.2, 0.25) is 0 Å². The van der Waals surface area contributed by atoms with Gasteiger partial charge in [-0.25, -0.2) is 9.97 Å². The van der Waals surface area contributed by atoms with Gasteiger partial charge in [0.05, 0.1) is 5.69 Å². The van der Waals surface area contributed by atoms with Crippen LogP contribution in [0.5, 0.6) is 5.75 Å². The molecule has 1 aliphatic heterocycles. The van der Waals surface area contributed by atoms with E-state index in [0.717, 1.165) is 56.2 Å². The van der Waals surface area contributed by atoms with Crippen molar-refractivity contribution in [3.8, 4) is 17.0 Å². The summed E-state index contributed by atoms with van der Waals surface area (Å²) >= 11 is 0. The fourth-order valence-corrected chi connectivity index (χ4v) is 3.52. The van der Waals surface area contributed by atoms with Gasteiger partial charge in [0.1, 0.15) is 17.9 Å². The zero-order valence-corrected chi connectivity index (χ0v) is 16.8. The van der Waals surface area contributed by atoms with Gasteiger partial charge >= 0.3 is 0 Å². The molecule has 0 saturated carbocycles.